The lowest BCUT2D eigenvalue weighted by Crippen LogP contribution is -2.49. The number of methoxy groups -OCH3 is 1. The number of nitrogens with zero attached hydrogens (tertiary/aromatic N) is 4. The highest BCUT2D eigenvalue weighted by Crippen LogP contribution is 2.27. The standard InChI is InChI=1S/C20H24N6O3/c1-29-15-4-2-3-14(9-15)24-19-18-13(5-8-26(18)23-12-22-19)10-25-7-6-17(21)16(11-25)20(27)28/h2-5,8-9,12,16-17H,6-7,10-11,21H2,1H3,(H,27,28)(H,22,23,24). The highest BCUT2D eigenvalue weighted by Gasteiger charge is 2.32. The van der Waals surface area contributed by atoms with Gasteiger partial charge in [0, 0.05) is 43.6 Å². The van der Waals surface area contributed by atoms with Gasteiger partial charge in [-0.3, -0.25) is 9.69 Å². The molecule has 2 unspecified atom stereocenters. The summed E-state index contributed by atoms with van der Waals surface area (Å²) < 4.78 is 7.06. The first-order valence-corrected chi connectivity index (χ1v) is 9.48. The predicted molar refractivity (Wildman–Crippen MR) is 108 cm³/mol. The molecule has 9 heteroatoms. The van der Waals surface area contributed by atoms with Gasteiger partial charge in [0.05, 0.1) is 13.0 Å². The Morgan fingerprint density at radius 2 is 2.28 bits per heavy atom. The molecule has 0 saturated carbocycles. The molecule has 0 bridgehead atoms. The lowest BCUT2D eigenvalue weighted by molar-refractivity contribution is -0.144. The number of carboxylic acid groups (broad SMARTS) is 1. The molecule has 152 valence electrons. The molecule has 1 saturated heterocycles. The van der Waals surface area contributed by atoms with E-state index in [9.17, 15) is 9.90 Å². The average molecular weight is 396 g/mol. The van der Waals surface area contributed by atoms with E-state index in [1.54, 1.807) is 11.6 Å². The number of fused-ring (bicyclic) bond motifs is 1. The number of aliphatic carboxylic acids is 1. The van der Waals surface area contributed by atoms with Crippen molar-refractivity contribution >= 4 is 23.0 Å². The lowest BCUT2D eigenvalue weighted by atomic mass is 9.93. The number of likely N-dealkylation sites (tertiary alicyclic amines) is 1. The van der Waals surface area contributed by atoms with Gasteiger partial charge in [-0.1, -0.05) is 6.07 Å². The van der Waals surface area contributed by atoms with E-state index in [2.05, 4.69) is 20.3 Å². The van der Waals surface area contributed by atoms with E-state index < -0.39 is 11.9 Å². The van der Waals surface area contributed by atoms with Crippen LogP contribution in [0, 0.1) is 5.92 Å². The van der Waals surface area contributed by atoms with E-state index in [-0.39, 0.29) is 6.04 Å². The molecule has 3 aromatic rings. The van der Waals surface area contributed by atoms with Crippen molar-refractivity contribution in [3.05, 3.63) is 48.4 Å². The largest absolute Gasteiger partial charge is 0.497 e. The predicted octanol–water partition coefficient (Wildman–Crippen LogP) is 1.72. The number of aromatic nitrogens is 3. The molecule has 2 aromatic heterocycles. The van der Waals surface area contributed by atoms with Crippen molar-refractivity contribution in [2.75, 3.05) is 25.5 Å². The fraction of sp³-hybridized carbons (Fsp3) is 0.350. The summed E-state index contributed by atoms with van der Waals surface area (Å²) in [6.07, 6.45) is 4.04. The molecule has 4 N–H and O–H groups in total. The van der Waals surface area contributed by atoms with Crippen LogP contribution in [0.15, 0.2) is 42.9 Å². The third-order valence-corrected chi connectivity index (χ3v) is 5.33. The maximum absolute atomic E-state index is 11.5. The van der Waals surface area contributed by atoms with E-state index in [1.165, 1.54) is 6.33 Å². The fourth-order valence-electron chi connectivity index (χ4n) is 3.76. The van der Waals surface area contributed by atoms with Crippen molar-refractivity contribution in [2.24, 2.45) is 11.7 Å². The van der Waals surface area contributed by atoms with Crippen molar-refractivity contribution in [3.63, 3.8) is 0 Å². The second-order valence-electron chi connectivity index (χ2n) is 7.23. The first-order valence-electron chi connectivity index (χ1n) is 9.48. The lowest BCUT2D eigenvalue weighted by Gasteiger charge is -2.34. The summed E-state index contributed by atoms with van der Waals surface area (Å²) >= 11 is 0. The molecule has 0 aliphatic carbocycles. The number of anilines is 2. The molecule has 0 amide bonds. The number of rotatable bonds is 6. The molecule has 2 atom stereocenters. The Kier molecular flexibility index (Phi) is 5.32. The zero-order chi connectivity index (χ0) is 20.4. The van der Waals surface area contributed by atoms with Crippen LogP contribution in [0.5, 0.6) is 5.75 Å². The highest BCUT2D eigenvalue weighted by molar-refractivity contribution is 5.76. The Bertz CT molecular complexity index is 1020. The molecular weight excluding hydrogens is 372 g/mol. The van der Waals surface area contributed by atoms with Crippen LogP contribution in [0.25, 0.3) is 5.52 Å². The number of carboxylic acids is 1. The number of piperidine rings is 1. The summed E-state index contributed by atoms with van der Waals surface area (Å²) in [5.41, 5.74) is 8.72. The van der Waals surface area contributed by atoms with Crippen LogP contribution >= 0.6 is 0 Å². The smallest absolute Gasteiger partial charge is 0.309 e. The van der Waals surface area contributed by atoms with Crippen LogP contribution in [-0.4, -0.2) is 56.8 Å². The molecule has 9 nitrogen and oxygen atoms in total. The van der Waals surface area contributed by atoms with Gasteiger partial charge < -0.3 is 20.9 Å². The highest BCUT2D eigenvalue weighted by atomic mass is 16.5. The van der Waals surface area contributed by atoms with E-state index in [4.69, 9.17) is 10.5 Å². The summed E-state index contributed by atoms with van der Waals surface area (Å²) in [5.74, 6) is 0.0349. The van der Waals surface area contributed by atoms with Gasteiger partial charge in [0.2, 0.25) is 0 Å². The molecule has 29 heavy (non-hydrogen) atoms. The van der Waals surface area contributed by atoms with Gasteiger partial charge in [0.1, 0.15) is 17.6 Å². The van der Waals surface area contributed by atoms with Gasteiger partial charge in [-0.15, -0.1) is 0 Å². The normalized spacial score (nSPS) is 19.9. The molecule has 0 spiro atoms. The number of ether oxygens (including phenoxy) is 1. The van der Waals surface area contributed by atoms with E-state index >= 15 is 0 Å². The fourth-order valence-corrected chi connectivity index (χ4v) is 3.76. The summed E-state index contributed by atoms with van der Waals surface area (Å²) in [5, 5.41) is 17.1. The van der Waals surface area contributed by atoms with Gasteiger partial charge in [-0.2, -0.15) is 5.10 Å². The van der Waals surface area contributed by atoms with Crippen molar-refractivity contribution in [3.8, 4) is 5.75 Å². The van der Waals surface area contributed by atoms with E-state index in [1.807, 2.05) is 36.5 Å². The van der Waals surface area contributed by atoms with Crippen molar-refractivity contribution < 1.29 is 14.6 Å². The second-order valence-corrected chi connectivity index (χ2v) is 7.23. The minimum absolute atomic E-state index is 0.303. The average Bonchev–Trinajstić information content (AvgIpc) is 3.13. The minimum Gasteiger partial charge on any atom is -0.497 e. The number of nitrogens with two attached hydrogens (primary N) is 1. The van der Waals surface area contributed by atoms with E-state index in [0.717, 1.165) is 29.1 Å². The summed E-state index contributed by atoms with van der Waals surface area (Å²) in [6.45, 7) is 1.79. The zero-order valence-electron chi connectivity index (χ0n) is 16.2. The van der Waals surface area contributed by atoms with Crippen LogP contribution in [0.2, 0.25) is 0 Å². The molecule has 1 aliphatic rings. The first kappa shape index (κ1) is 19.2. The molecule has 1 fully saturated rings. The maximum Gasteiger partial charge on any atom is 0.309 e. The number of nitrogens with one attached hydrogen (secondary N) is 1. The zero-order valence-corrected chi connectivity index (χ0v) is 16.2. The van der Waals surface area contributed by atoms with Crippen LogP contribution in [-0.2, 0) is 11.3 Å². The monoisotopic (exact) mass is 396 g/mol. The SMILES string of the molecule is COc1cccc(Nc2ncnn3ccc(CN4CCC(N)C(C(=O)O)C4)c23)c1. The van der Waals surface area contributed by atoms with E-state index in [0.29, 0.717) is 25.3 Å². The molecular formula is C20H24N6O3. The second kappa shape index (κ2) is 8.06. The third-order valence-electron chi connectivity index (χ3n) is 5.33. The van der Waals surface area contributed by atoms with Gasteiger partial charge in [0.15, 0.2) is 5.82 Å². The Balaban J connectivity index is 1.60. The number of hydrogen-bond donors (Lipinski definition) is 3. The third kappa shape index (κ3) is 4.01. The maximum atomic E-state index is 11.5. The Hall–Kier alpha value is -3.17. The summed E-state index contributed by atoms with van der Waals surface area (Å²) in [6, 6.07) is 9.30. The molecule has 1 aliphatic heterocycles. The summed E-state index contributed by atoms with van der Waals surface area (Å²) in [4.78, 5) is 18.0. The van der Waals surface area contributed by atoms with Crippen molar-refractivity contribution in [1.82, 2.24) is 19.5 Å². The molecule has 0 radical (unpaired) electrons. The van der Waals surface area contributed by atoms with Gasteiger partial charge >= 0.3 is 5.97 Å². The van der Waals surface area contributed by atoms with Crippen molar-refractivity contribution in [2.45, 2.75) is 19.0 Å². The number of hydrogen-bond acceptors (Lipinski definition) is 7. The topological polar surface area (TPSA) is 118 Å². The van der Waals surface area contributed by atoms with Crippen LogP contribution in [0.1, 0.15) is 12.0 Å². The Morgan fingerprint density at radius 3 is 3.07 bits per heavy atom. The van der Waals surface area contributed by atoms with Crippen LogP contribution in [0.4, 0.5) is 11.5 Å². The van der Waals surface area contributed by atoms with Gasteiger partial charge in [-0.25, -0.2) is 9.50 Å². The number of benzene rings is 1. The summed E-state index contributed by atoms with van der Waals surface area (Å²) in [7, 11) is 1.63. The Morgan fingerprint density at radius 1 is 1.41 bits per heavy atom. The first-order chi connectivity index (χ1) is 14.0. The van der Waals surface area contributed by atoms with Gasteiger partial charge in [-0.05, 0) is 30.2 Å². The quantitative estimate of drug-likeness (QED) is 0.576. The molecule has 1 aromatic carbocycles. The van der Waals surface area contributed by atoms with Crippen molar-refractivity contribution in [1.29, 1.82) is 0 Å². The van der Waals surface area contributed by atoms with Gasteiger partial charge in [0.25, 0.3) is 0 Å². The number of carbonyl (C=O) groups is 1. The minimum atomic E-state index is -0.840. The molecule has 3 heterocycles. The molecule has 4 rings (SSSR count). The Labute approximate surface area is 168 Å². The van der Waals surface area contributed by atoms with Crippen LogP contribution in [0.3, 0.4) is 0 Å². The van der Waals surface area contributed by atoms with Crippen LogP contribution < -0.4 is 15.8 Å².